The third-order valence-electron chi connectivity index (χ3n) is 4.99. The van der Waals surface area contributed by atoms with Crippen LogP contribution < -0.4 is 5.32 Å². The van der Waals surface area contributed by atoms with Gasteiger partial charge in [-0.1, -0.05) is 0 Å². The zero-order chi connectivity index (χ0) is 18.8. The Balaban J connectivity index is 1.69. The van der Waals surface area contributed by atoms with Gasteiger partial charge in [-0.3, -0.25) is 24.1 Å². The highest BCUT2D eigenvalue weighted by Gasteiger charge is 2.34. The fourth-order valence-corrected chi connectivity index (χ4v) is 3.38. The number of hydrogen-bond donors (Lipinski definition) is 2. The van der Waals surface area contributed by atoms with Crippen LogP contribution in [0.15, 0.2) is 18.2 Å². The van der Waals surface area contributed by atoms with E-state index < -0.39 is 29.6 Å². The minimum Gasteiger partial charge on any atom is -0.481 e. The summed E-state index contributed by atoms with van der Waals surface area (Å²) in [6.07, 6.45) is 1.29. The molecule has 3 amide bonds. The molecule has 0 radical (unpaired) electrons. The van der Waals surface area contributed by atoms with Gasteiger partial charge in [0.2, 0.25) is 0 Å². The van der Waals surface area contributed by atoms with Crippen LogP contribution in [0.4, 0.5) is 0 Å². The summed E-state index contributed by atoms with van der Waals surface area (Å²) in [5, 5.41) is 12.1. The van der Waals surface area contributed by atoms with Crippen molar-refractivity contribution in [2.45, 2.75) is 12.8 Å². The number of carbonyl (C=O) groups excluding carboxylic acids is 3. The molecule has 1 unspecified atom stereocenters. The lowest BCUT2D eigenvalue weighted by molar-refractivity contribution is -0.144. The fourth-order valence-electron chi connectivity index (χ4n) is 3.38. The van der Waals surface area contributed by atoms with Crippen molar-refractivity contribution in [3.63, 3.8) is 0 Å². The normalized spacial score (nSPS) is 18.6. The minimum atomic E-state index is -0.950. The lowest BCUT2D eigenvalue weighted by atomic mass is 9.86. The molecular formula is C18H20N2O6. The molecule has 1 aromatic rings. The van der Waals surface area contributed by atoms with Gasteiger partial charge in [0, 0.05) is 32.4 Å². The highest BCUT2D eigenvalue weighted by molar-refractivity contribution is 6.21. The third-order valence-corrected chi connectivity index (χ3v) is 4.99. The lowest BCUT2D eigenvalue weighted by Gasteiger charge is -2.27. The SMILES string of the molecule is CN1C(=O)c2ccc(C(=O)NCC(C(=O)O)C3CCOCC3)cc2C1=O. The van der Waals surface area contributed by atoms with Crippen molar-refractivity contribution < 1.29 is 29.0 Å². The second-order valence-corrected chi connectivity index (χ2v) is 6.53. The molecule has 3 rings (SSSR count). The van der Waals surface area contributed by atoms with Gasteiger partial charge in [0.25, 0.3) is 17.7 Å². The molecule has 26 heavy (non-hydrogen) atoms. The third kappa shape index (κ3) is 3.32. The summed E-state index contributed by atoms with van der Waals surface area (Å²) >= 11 is 0. The number of ether oxygens (including phenoxy) is 1. The van der Waals surface area contributed by atoms with Gasteiger partial charge < -0.3 is 15.2 Å². The molecule has 2 N–H and O–H groups in total. The number of imide groups is 1. The number of aliphatic carboxylic acids is 1. The van der Waals surface area contributed by atoms with E-state index >= 15 is 0 Å². The van der Waals surface area contributed by atoms with Gasteiger partial charge >= 0.3 is 5.97 Å². The van der Waals surface area contributed by atoms with Crippen LogP contribution in [0, 0.1) is 11.8 Å². The number of nitrogens with one attached hydrogen (secondary N) is 1. The van der Waals surface area contributed by atoms with Gasteiger partial charge in [-0.05, 0) is 37.0 Å². The Bertz CT molecular complexity index is 769. The predicted octanol–water partition coefficient (Wildman–Crippen LogP) is 0.770. The molecule has 1 aromatic carbocycles. The van der Waals surface area contributed by atoms with E-state index in [2.05, 4.69) is 5.32 Å². The van der Waals surface area contributed by atoms with Crippen molar-refractivity contribution >= 4 is 23.7 Å². The molecule has 0 spiro atoms. The van der Waals surface area contributed by atoms with Crippen LogP contribution in [0.5, 0.6) is 0 Å². The van der Waals surface area contributed by atoms with E-state index in [1.54, 1.807) is 0 Å². The number of amides is 3. The van der Waals surface area contributed by atoms with Crippen molar-refractivity contribution in [1.82, 2.24) is 10.2 Å². The second kappa shape index (κ2) is 7.25. The van der Waals surface area contributed by atoms with Gasteiger partial charge in [-0.25, -0.2) is 0 Å². The van der Waals surface area contributed by atoms with E-state index in [9.17, 15) is 24.3 Å². The van der Waals surface area contributed by atoms with Crippen LogP contribution in [0.25, 0.3) is 0 Å². The topological polar surface area (TPSA) is 113 Å². The van der Waals surface area contributed by atoms with E-state index in [0.717, 1.165) is 4.90 Å². The molecular weight excluding hydrogens is 340 g/mol. The molecule has 2 aliphatic heterocycles. The molecule has 2 aliphatic rings. The van der Waals surface area contributed by atoms with E-state index in [-0.39, 0.29) is 29.2 Å². The number of nitrogens with zero attached hydrogens (tertiary/aromatic N) is 1. The second-order valence-electron chi connectivity index (χ2n) is 6.53. The maximum absolute atomic E-state index is 12.4. The van der Waals surface area contributed by atoms with Crippen molar-refractivity contribution in [2.24, 2.45) is 11.8 Å². The molecule has 0 aromatic heterocycles. The van der Waals surface area contributed by atoms with Crippen molar-refractivity contribution in [3.05, 3.63) is 34.9 Å². The molecule has 8 nitrogen and oxygen atoms in total. The van der Waals surface area contributed by atoms with Crippen molar-refractivity contribution in [3.8, 4) is 0 Å². The van der Waals surface area contributed by atoms with Crippen molar-refractivity contribution in [1.29, 1.82) is 0 Å². The first-order valence-electron chi connectivity index (χ1n) is 8.45. The summed E-state index contributed by atoms with van der Waals surface area (Å²) in [5.74, 6) is -3.01. The van der Waals surface area contributed by atoms with Crippen LogP contribution in [0.3, 0.4) is 0 Å². The molecule has 1 saturated heterocycles. The zero-order valence-electron chi connectivity index (χ0n) is 14.4. The number of benzene rings is 1. The first kappa shape index (κ1) is 18.1. The average molecular weight is 360 g/mol. The number of hydrogen-bond acceptors (Lipinski definition) is 5. The Morgan fingerprint density at radius 3 is 2.54 bits per heavy atom. The van der Waals surface area contributed by atoms with Gasteiger partial charge in [0.05, 0.1) is 17.0 Å². The molecule has 138 valence electrons. The van der Waals surface area contributed by atoms with Crippen LogP contribution in [-0.2, 0) is 9.53 Å². The van der Waals surface area contributed by atoms with Gasteiger partial charge in [0.15, 0.2) is 0 Å². The number of fused-ring (bicyclic) bond motifs is 1. The lowest BCUT2D eigenvalue weighted by Crippen LogP contribution is -2.39. The monoisotopic (exact) mass is 360 g/mol. The predicted molar refractivity (Wildman–Crippen MR) is 89.9 cm³/mol. The maximum Gasteiger partial charge on any atom is 0.308 e. The number of rotatable bonds is 5. The summed E-state index contributed by atoms with van der Waals surface area (Å²) < 4.78 is 5.25. The molecule has 0 saturated carbocycles. The smallest absolute Gasteiger partial charge is 0.308 e. The quantitative estimate of drug-likeness (QED) is 0.750. The van der Waals surface area contributed by atoms with Crippen LogP contribution in [0.2, 0.25) is 0 Å². The Hall–Kier alpha value is -2.74. The standard InChI is InChI=1S/C18H20N2O6/c1-20-16(22)12-3-2-11(8-13(12)17(20)23)15(21)19-9-14(18(24)25)10-4-6-26-7-5-10/h2-3,8,10,14H,4-7,9H2,1H3,(H,19,21)(H,24,25). The fraction of sp³-hybridized carbons (Fsp3) is 0.444. The molecule has 8 heteroatoms. The van der Waals surface area contributed by atoms with Gasteiger partial charge in [-0.15, -0.1) is 0 Å². The van der Waals surface area contributed by atoms with Crippen LogP contribution in [0.1, 0.15) is 43.9 Å². The Morgan fingerprint density at radius 2 is 1.88 bits per heavy atom. The van der Waals surface area contributed by atoms with E-state index in [1.165, 1.54) is 25.2 Å². The average Bonchev–Trinajstić information content (AvgIpc) is 2.86. The summed E-state index contributed by atoms with van der Waals surface area (Å²) in [7, 11) is 1.38. The highest BCUT2D eigenvalue weighted by atomic mass is 16.5. The Labute approximate surface area is 150 Å². The zero-order valence-corrected chi connectivity index (χ0v) is 14.4. The number of carboxylic acids is 1. The Morgan fingerprint density at radius 1 is 1.23 bits per heavy atom. The first-order chi connectivity index (χ1) is 12.4. The summed E-state index contributed by atoms with van der Waals surface area (Å²) in [6.45, 7) is 1.05. The largest absolute Gasteiger partial charge is 0.481 e. The summed E-state index contributed by atoms with van der Waals surface area (Å²) in [4.78, 5) is 48.8. The molecule has 0 bridgehead atoms. The van der Waals surface area contributed by atoms with E-state index in [1.807, 2.05) is 0 Å². The number of carboxylic acid groups (broad SMARTS) is 1. The van der Waals surface area contributed by atoms with E-state index in [4.69, 9.17) is 4.74 Å². The molecule has 1 fully saturated rings. The van der Waals surface area contributed by atoms with Gasteiger partial charge in [-0.2, -0.15) is 0 Å². The van der Waals surface area contributed by atoms with E-state index in [0.29, 0.717) is 26.1 Å². The minimum absolute atomic E-state index is 0.00268. The molecule has 1 atom stereocenters. The summed E-state index contributed by atoms with van der Waals surface area (Å²) in [6, 6.07) is 4.28. The van der Waals surface area contributed by atoms with Crippen LogP contribution in [-0.4, -0.2) is 60.5 Å². The highest BCUT2D eigenvalue weighted by Crippen LogP contribution is 2.25. The maximum atomic E-state index is 12.4. The molecule has 0 aliphatic carbocycles. The Kier molecular flexibility index (Phi) is 5.03. The van der Waals surface area contributed by atoms with Gasteiger partial charge in [0.1, 0.15) is 0 Å². The molecule has 2 heterocycles. The first-order valence-corrected chi connectivity index (χ1v) is 8.45. The van der Waals surface area contributed by atoms with Crippen molar-refractivity contribution in [2.75, 3.05) is 26.8 Å². The van der Waals surface area contributed by atoms with Crippen LogP contribution >= 0.6 is 0 Å². The summed E-state index contributed by atoms with van der Waals surface area (Å²) in [5.41, 5.74) is 0.667. The number of carbonyl (C=O) groups is 4.